The normalized spacial score (nSPS) is 31.5. The van der Waals surface area contributed by atoms with Gasteiger partial charge >= 0.3 is 5.97 Å². The lowest BCUT2D eigenvalue weighted by Crippen LogP contribution is -2.73. The van der Waals surface area contributed by atoms with E-state index in [9.17, 15) is 19.5 Å². The van der Waals surface area contributed by atoms with E-state index in [4.69, 9.17) is 4.74 Å². The minimum Gasteiger partial charge on any atom is -0.461 e. The van der Waals surface area contributed by atoms with Crippen molar-refractivity contribution in [3.8, 4) is 0 Å². The van der Waals surface area contributed by atoms with Crippen molar-refractivity contribution in [2.24, 2.45) is 16.7 Å². The van der Waals surface area contributed by atoms with Crippen LogP contribution in [-0.2, 0) is 20.7 Å². The molecule has 4 aliphatic rings. The Kier molecular flexibility index (Phi) is 8.01. The number of ether oxygens (including phenoxy) is 1. The van der Waals surface area contributed by atoms with Gasteiger partial charge in [0.2, 0.25) is 11.8 Å². The lowest BCUT2D eigenvalue weighted by molar-refractivity contribution is -0.258. The van der Waals surface area contributed by atoms with Gasteiger partial charge in [0.25, 0.3) is 0 Å². The Morgan fingerprint density at radius 2 is 1.67 bits per heavy atom. The fourth-order valence-corrected chi connectivity index (χ4v) is 8.74. The third kappa shape index (κ3) is 4.98. The van der Waals surface area contributed by atoms with E-state index in [-0.39, 0.29) is 41.5 Å². The summed E-state index contributed by atoms with van der Waals surface area (Å²) in [6, 6.07) is 17.3. The molecule has 0 radical (unpaired) electrons. The molecule has 2 aliphatic carbocycles. The number of anilines is 1. The van der Waals surface area contributed by atoms with Crippen molar-refractivity contribution in [3.05, 3.63) is 65.7 Å². The maximum atomic E-state index is 13.7. The van der Waals surface area contributed by atoms with Crippen molar-refractivity contribution < 1.29 is 24.2 Å². The van der Waals surface area contributed by atoms with Gasteiger partial charge in [-0.25, -0.2) is 9.69 Å². The van der Waals surface area contributed by atoms with E-state index in [0.717, 1.165) is 82.2 Å². The lowest BCUT2D eigenvalue weighted by atomic mass is 9.47. The predicted octanol–water partition coefficient (Wildman–Crippen LogP) is 5.54. The van der Waals surface area contributed by atoms with E-state index in [1.165, 1.54) is 5.56 Å². The third-order valence-corrected chi connectivity index (χ3v) is 10.8. The van der Waals surface area contributed by atoms with Gasteiger partial charge in [-0.3, -0.25) is 9.59 Å². The average Bonchev–Trinajstić information content (AvgIpc) is 3.11. The Bertz CT molecular complexity index is 1330. The molecule has 1 unspecified atom stereocenters. The first kappa shape index (κ1) is 29.1. The van der Waals surface area contributed by atoms with Crippen LogP contribution in [0, 0.1) is 16.7 Å². The molecule has 2 bridgehead atoms. The van der Waals surface area contributed by atoms with Gasteiger partial charge in [0.1, 0.15) is 6.61 Å². The third-order valence-electron chi connectivity index (χ3n) is 10.8. The molecule has 7 heteroatoms. The smallest absolute Gasteiger partial charge is 0.340 e. The fourth-order valence-electron chi connectivity index (χ4n) is 8.74. The molecule has 6 rings (SSSR count). The number of nitrogens with zero attached hydrogens (tertiary/aromatic N) is 2. The molecule has 2 aromatic rings. The first-order chi connectivity index (χ1) is 20.3. The summed E-state index contributed by atoms with van der Waals surface area (Å²) in [4.78, 5) is 42.8. The Labute approximate surface area is 249 Å². The topological polar surface area (TPSA) is 87.2 Å². The number of carbonyl (C=O) groups is 3. The molecular formula is C35H44N2O5. The van der Waals surface area contributed by atoms with Crippen LogP contribution in [0.2, 0.25) is 0 Å². The second-order valence-electron chi connectivity index (χ2n) is 13.4. The second kappa shape index (κ2) is 11.6. The summed E-state index contributed by atoms with van der Waals surface area (Å²) in [7, 11) is 0. The molecule has 2 aliphatic heterocycles. The fraction of sp³-hybridized carbons (Fsp3) is 0.571. The summed E-state index contributed by atoms with van der Waals surface area (Å²) < 4.78 is 6.14. The zero-order valence-corrected chi connectivity index (χ0v) is 24.9. The van der Waals surface area contributed by atoms with Crippen molar-refractivity contribution in [2.75, 3.05) is 31.1 Å². The van der Waals surface area contributed by atoms with E-state index in [1.54, 1.807) is 31.2 Å². The van der Waals surface area contributed by atoms with Crippen LogP contribution in [-0.4, -0.2) is 59.6 Å². The molecule has 2 heterocycles. The molecule has 42 heavy (non-hydrogen) atoms. The molecule has 4 atom stereocenters. The minimum absolute atomic E-state index is 0.131. The Hall–Kier alpha value is -3.03. The summed E-state index contributed by atoms with van der Waals surface area (Å²) in [5.41, 5.74) is 0.207. The maximum absolute atomic E-state index is 13.7. The van der Waals surface area contributed by atoms with Crippen LogP contribution >= 0.6 is 0 Å². The molecule has 224 valence electrons. The highest BCUT2D eigenvalue weighted by molar-refractivity contribution is 6.22. The number of aliphatic hydroxyl groups is 1. The number of para-hydroxylation sites is 1. The largest absolute Gasteiger partial charge is 0.461 e. The molecule has 7 nitrogen and oxygen atoms in total. The molecule has 0 spiro atoms. The number of rotatable bonds is 8. The van der Waals surface area contributed by atoms with Crippen molar-refractivity contribution in [1.82, 2.24) is 4.90 Å². The van der Waals surface area contributed by atoms with Crippen LogP contribution < -0.4 is 4.90 Å². The first-order valence-corrected chi connectivity index (χ1v) is 15.9. The van der Waals surface area contributed by atoms with Crippen molar-refractivity contribution >= 4 is 23.5 Å². The number of benzene rings is 2. The van der Waals surface area contributed by atoms with E-state index in [0.29, 0.717) is 6.54 Å². The van der Waals surface area contributed by atoms with Gasteiger partial charge in [0, 0.05) is 36.3 Å². The van der Waals surface area contributed by atoms with Gasteiger partial charge in [-0.05, 0) is 62.8 Å². The van der Waals surface area contributed by atoms with Crippen LogP contribution in [0.1, 0.15) is 87.1 Å². The van der Waals surface area contributed by atoms with Gasteiger partial charge in [-0.2, -0.15) is 0 Å². The SMILES string of the molecule is CC1CC(=O)N(c2ccccc2C(=O)OC[C@]23CCC[C@@]4(CCCCC[C@]42O)CN(CCCc2ccccc2)C3)C1=O. The number of esters is 1. The Balaban J connectivity index is 1.24. The monoisotopic (exact) mass is 572 g/mol. The number of aryl methyl sites for hydroxylation is 1. The highest BCUT2D eigenvalue weighted by Crippen LogP contribution is 2.63. The van der Waals surface area contributed by atoms with Gasteiger partial charge < -0.3 is 14.7 Å². The maximum Gasteiger partial charge on any atom is 0.340 e. The Morgan fingerprint density at radius 3 is 2.45 bits per heavy atom. The van der Waals surface area contributed by atoms with Crippen LogP contribution in [0.15, 0.2) is 54.6 Å². The standard InChI is InChI=1S/C35H44N2O5/c1-26-22-30(38)37(31(26)39)29-16-7-6-15-28(29)32(40)42-25-34-19-11-18-33(17-8-3-9-20-35(33,34)41)23-36(24-34)21-10-14-27-12-4-2-5-13-27/h2,4-7,12-13,15-16,26,41H,3,8-11,14,17-25H2,1H3/t26?,33-,34+,35-/m0/s1. The Morgan fingerprint density at radius 1 is 0.929 bits per heavy atom. The highest BCUT2D eigenvalue weighted by atomic mass is 16.5. The predicted molar refractivity (Wildman–Crippen MR) is 161 cm³/mol. The van der Waals surface area contributed by atoms with Crippen LogP contribution in [0.25, 0.3) is 0 Å². The molecule has 2 amide bonds. The molecular weight excluding hydrogens is 528 g/mol. The van der Waals surface area contributed by atoms with Crippen LogP contribution in [0.4, 0.5) is 5.69 Å². The van der Waals surface area contributed by atoms with Gasteiger partial charge in [0.05, 0.1) is 16.9 Å². The number of likely N-dealkylation sites (tertiary alicyclic amines) is 1. The van der Waals surface area contributed by atoms with Crippen molar-refractivity contribution in [1.29, 1.82) is 0 Å². The molecule has 2 saturated carbocycles. The van der Waals surface area contributed by atoms with Gasteiger partial charge in [-0.15, -0.1) is 0 Å². The van der Waals surface area contributed by atoms with Gasteiger partial charge in [-0.1, -0.05) is 75.1 Å². The zero-order chi connectivity index (χ0) is 29.4. The first-order valence-electron chi connectivity index (χ1n) is 15.9. The number of piperidine rings is 1. The lowest BCUT2D eigenvalue weighted by Gasteiger charge is -2.66. The highest BCUT2D eigenvalue weighted by Gasteiger charge is 2.67. The zero-order valence-electron chi connectivity index (χ0n) is 24.9. The van der Waals surface area contributed by atoms with E-state index < -0.39 is 22.9 Å². The molecule has 4 fully saturated rings. The summed E-state index contributed by atoms with van der Waals surface area (Å²) in [6.07, 6.45) is 10.0. The van der Waals surface area contributed by atoms with E-state index in [2.05, 4.69) is 29.2 Å². The second-order valence-corrected chi connectivity index (χ2v) is 13.4. The summed E-state index contributed by atoms with van der Waals surface area (Å²) >= 11 is 0. The van der Waals surface area contributed by atoms with Crippen LogP contribution in [0.3, 0.4) is 0 Å². The summed E-state index contributed by atoms with van der Waals surface area (Å²) in [5.74, 6) is -1.54. The molecule has 1 N–H and O–H groups in total. The number of hydrogen-bond acceptors (Lipinski definition) is 6. The molecule has 2 aromatic carbocycles. The van der Waals surface area contributed by atoms with E-state index in [1.807, 2.05) is 6.07 Å². The number of hydrogen-bond donors (Lipinski definition) is 1. The number of carbonyl (C=O) groups excluding carboxylic acids is 3. The van der Waals surface area contributed by atoms with E-state index >= 15 is 0 Å². The quantitative estimate of drug-likeness (QED) is 0.330. The van der Waals surface area contributed by atoms with Crippen molar-refractivity contribution in [3.63, 3.8) is 0 Å². The molecule has 2 saturated heterocycles. The summed E-state index contributed by atoms with van der Waals surface area (Å²) in [5, 5.41) is 12.7. The molecule has 0 aromatic heterocycles. The average molecular weight is 573 g/mol. The summed E-state index contributed by atoms with van der Waals surface area (Å²) in [6.45, 7) is 4.41. The minimum atomic E-state index is -0.888. The van der Waals surface area contributed by atoms with Gasteiger partial charge in [0.15, 0.2) is 0 Å². The number of amides is 2. The van der Waals surface area contributed by atoms with Crippen LogP contribution in [0.5, 0.6) is 0 Å². The van der Waals surface area contributed by atoms with Crippen molar-refractivity contribution in [2.45, 2.75) is 83.2 Å². The number of imide groups is 1.